The number of hydrogen-bond donors (Lipinski definition) is 2. The first-order valence-electron chi connectivity index (χ1n) is 6.14. The van der Waals surface area contributed by atoms with Crippen LogP contribution in [0, 0.1) is 0 Å². The number of nitrogens with one attached hydrogen (secondary N) is 1. The highest BCUT2D eigenvalue weighted by atomic mass is 16.5. The summed E-state index contributed by atoms with van der Waals surface area (Å²) >= 11 is 0. The summed E-state index contributed by atoms with van der Waals surface area (Å²) in [6, 6.07) is -0.103. The molecular formula is C12H23NO5. The second-order valence-electron chi connectivity index (χ2n) is 4.14. The number of aliphatic carboxylic acids is 1. The Hall–Kier alpha value is -1.14. The standard InChI is InChI=1S/C12H23NO5/c1-10(9-18-8-4-3-7-17-2)13-11(14)5-6-12(15)16/h10H,3-9H2,1-2H3,(H,13,14)(H,15,16). The van der Waals surface area contributed by atoms with Gasteiger partial charge in [-0.15, -0.1) is 0 Å². The molecule has 0 aromatic heterocycles. The van der Waals surface area contributed by atoms with Crippen LogP contribution in [-0.4, -0.2) is 50.0 Å². The van der Waals surface area contributed by atoms with E-state index in [2.05, 4.69) is 5.32 Å². The topological polar surface area (TPSA) is 84.9 Å². The van der Waals surface area contributed by atoms with E-state index in [9.17, 15) is 9.59 Å². The number of ether oxygens (including phenoxy) is 2. The molecule has 6 nitrogen and oxygen atoms in total. The molecule has 0 saturated carbocycles. The average molecular weight is 261 g/mol. The van der Waals surface area contributed by atoms with Crippen LogP contribution in [0.4, 0.5) is 0 Å². The molecule has 0 heterocycles. The lowest BCUT2D eigenvalue weighted by atomic mass is 10.2. The van der Waals surface area contributed by atoms with Gasteiger partial charge in [0.2, 0.25) is 5.91 Å². The van der Waals surface area contributed by atoms with E-state index >= 15 is 0 Å². The van der Waals surface area contributed by atoms with Gasteiger partial charge >= 0.3 is 5.97 Å². The number of carboxylic acids is 1. The lowest BCUT2D eigenvalue weighted by Gasteiger charge is -2.13. The molecule has 0 aromatic rings. The number of rotatable bonds is 11. The Kier molecular flexibility index (Phi) is 10.3. The minimum absolute atomic E-state index is 0.00745. The zero-order valence-corrected chi connectivity index (χ0v) is 11.1. The van der Waals surface area contributed by atoms with Gasteiger partial charge < -0.3 is 19.9 Å². The maximum atomic E-state index is 11.3. The van der Waals surface area contributed by atoms with Crippen molar-refractivity contribution in [3.63, 3.8) is 0 Å². The molecule has 18 heavy (non-hydrogen) atoms. The summed E-state index contributed by atoms with van der Waals surface area (Å²) < 4.78 is 10.3. The van der Waals surface area contributed by atoms with Crippen LogP contribution in [-0.2, 0) is 19.1 Å². The maximum Gasteiger partial charge on any atom is 0.303 e. The number of carbonyl (C=O) groups excluding carboxylic acids is 1. The molecule has 6 heteroatoms. The van der Waals surface area contributed by atoms with Crippen LogP contribution in [0.2, 0.25) is 0 Å². The number of carboxylic acid groups (broad SMARTS) is 1. The van der Waals surface area contributed by atoms with Crippen LogP contribution in [0.3, 0.4) is 0 Å². The third-order valence-corrected chi connectivity index (χ3v) is 2.23. The summed E-state index contributed by atoms with van der Waals surface area (Å²) in [5.74, 6) is -1.22. The van der Waals surface area contributed by atoms with Crippen molar-refractivity contribution < 1.29 is 24.2 Å². The van der Waals surface area contributed by atoms with E-state index in [1.807, 2.05) is 6.92 Å². The Labute approximate surface area is 108 Å². The Balaban J connectivity index is 3.43. The van der Waals surface area contributed by atoms with Crippen LogP contribution in [0.25, 0.3) is 0 Å². The van der Waals surface area contributed by atoms with Gasteiger partial charge in [0.15, 0.2) is 0 Å². The molecule has 0 radical (unpaired) electrons. The first-order chi connectivity index (χ1) is 8.56. The summed E-state index contributed by atoms with van der Waals surface area (Å²) in [5, 5.41) is 11.1. The third kappa shape index (κ3) is 11.3. The number of unbranched alkanes of at least 4 members (excludes halogenated alkanes) is 1. The lowest BCUT2D eigenvalue weighted by molar-refractivity contribution is -0.139. The summed E-state index contributed by atoms with van der Waals surface area (Å²) in [4.78, 5) is 21.6. The quantitative estimate of drug-likeness (QED) is 0.537. The summed E-state index contributed by atoms with van der Waals surface area (Å²) in [6.07, 6.45) is 1.74. The molecule has 0 spiro atoms. The molecule has 0 aliphatic rings. The molecule has 2 N–H and O–H groups in total. The highest BCUT2D eigenvalue weighted by Gasteiger charge is 2.09. The maximum absolute atomic E-state index is 11.3. The molecule has 106 valence electrons. The SMILES string of the molecule is COCCCCOCC(C)NC(=O)CCC(=O)O. The van der Waals surface area contributed by atoms with Crippen molar-refractivity contribution in [3.8, 4) is 0 Å². The molecule has 1 amide bonds. The number of amides is 1. The average Bonchev–Trinajstić information content (AvgIpc) is 2.31. The largest absolute Gasteiger partial charge is 0.481 e. The first kappa shape index (κ1) is 16.9. The minimum Gasteiger partial charge on any atom is -0.481 e. The van der Waals surface area contributed by atoms with E-state index in [0.717, 1.165) is 19.4 Å². The smallest absolute Gasteiger partial charge is 0.303 e. The molecule has 0 bridgehead atoms. The third-order valence-electron chi connectivity index (χ3n) is 2.23. The van der Waals surface area contributed by atoms with Crippen molar-refractivity contribution in [3.05, 3.63) is 0 Å². The summed E-state index contributed by atoms with van der Waals surface area (Å²) in [7, 11) is 1.66. The molecule has 1 unspecified atom stereocenters. The van der Waals surface area contributed by atoms with Gasteiger partial charge in [0.05, 0.1) is 13.0 Å². The van der Waals surface area contributed by atoms with Gasteiger partial charge in [0.25, 0.3) is 0 Å². The lowest BCUT2D eigenvalue weighted by Crippen LogP contribution is -2.36. The predicted octanol–water partition coefficient (Wildman–Crippen LogP) is 0.799. The van der Waals surface area contributed by atoms with Crippen molar-refractivity contribution in [2.45, 2.75) is 38.6 Å². The van der Waals surface area contributed by atoms with Gasteiger partial charge in [0, 0.05) is 32.8 Å². The fourth-order valence-corrected chi connectivity index (χ4v) is 1.32. The van der Waals surface area contributed by atoms with Crippen LogP contribution in [0.15, 0.2) is 0 Å². The predicted molar refractivity (Wildman–Crippen MR) is 66.4 cm³/mol. The van der Waals surface area contributed by atoms with Gasteiger partial charge in [0.1, 0.15) is 0 Å². The van der Waals surface area contributed by atoms with Gasteiger partial charge in [-0.05, 0) is 19.8 Å². The van der Waals surface area contributed by atoms with Gasteiger partial charge in [-0.2, -0.15) is 0 Å². The highest BCUT2D eigenvalue weighted by Crippen LogP contribution is 1.94. The second-order valence-corrected chi connectivity index (χ2v) is 4.14. The van der Waals surface area contributed by atoms with Crippen molar-refractivity contribution in [1.29, 1.82) is 0 Å². The Bertz CT molecular complexity index is 245. The van der Waals surface area contributed by atoms with Crippen molar-refractivity contribution in [2.24, 2.45) is 0 Å². The second kappa shape index (κ2) is 11.0. The molecular weight excluding hydrogens is 238 g/mol. The number of methoxy groups -OCH3 is 1. The van der Waals surface area contributed by atoms with Crippen LogP contribution >= 0.6 is 0 Å². The van der Waals surface area contributed by atoms with Crippen molar-refractivity contribution >= 4 is 11.9 Å². The Morgan fingerprint density at radius 3 is 2.50 bits per heavy atom. The van der Waals surface area contributed by atoms with E-state index in [4.69, 9.17) is 14.6 Å². The monoisotopic (exact) mass is 261 g/mol. The summed E-state index contributed by atoms with van der Waals surface area (Å²) in [5.41, 5.74) is 0. The number of carbonyl (C=O) groups is 2. The number of hydrogen-bond acceptors (Lipinski definition) is 4. The molecule has 0 aromatic carbocycles. The molecule has 0 fully saturated rings. The van der Waals surface area contributed by atoms with E-state index in [-0.39, 0.29) is 24.8 Å². The normalized spacial score (nSPS) is 12.1. The van der Waals surface area contributed by atoms with Crippen LogP contribution < -0.4 is 5.32 Å². The van der Waals surface area contributed by atoms with Crippen molar-refractivity contribution in [2.75, 3.05) is 26.9 Å². The molecule has 0 rings (SSSR count). The Morgan fingerprint density at radius 1 is 1.22 bits per heavy atom. The van der Waals surface area contributed by atoms with Crippen LogP contribution in [0.1, 0.15) is 32.6 Å². The van der Waals surface area contributed by atoms with Crippen LogP contribution in [0.5, 0.6) is 0 Å². The summed E-state index contributed by atoms with van der Waals surface area (Å²) in [6.45, 7) is 3.63. The zero-order valence-electron chi connectivity index (χ0n) is 11.1. The zero-order chi connectivity index (χ0) is 13.8. The fourth-order valence-electron chi connectivity index (χ4n) is 1.32. The van der Waals surface area contributed by atoms with Gasteiger partial charge in [-0.25, -0.2) is 0 Å². The van der Waals surface area contributed by atoms with E-state index < -0.39 is 5.97 Å². The Morgan fingerprint density at radius 2 is 1.89 bits per heavy atom. The van der Waals surface area contributed by atoms with E-state index in [1.54, 1.807) is 7.11 Å². The molecule has 0 aliphatic carbocycles. The molecule has 0 saturated heterocycles. The fraction of sp³-hybridized carbons (Fsp3) is 0.833. The van der Waals surface area contributed by atoms with E-state index in [0.29, 0.717) is 13.2 Å². The first-order valence-corrected chi connectivity index (χ1v) is 6.14. The van der Waals surface area contributed by atoms with Crippen molar-refractivity contribution in [1.82, 2.24) is 5.32 Å². The van der Waals surface area contributed by atoms with Gasteiger partial charge in [-0.3, -0.25) is 9.59 Å². The van der Waals surface area contributed by atoms with Gasteiger partial charge in [-0.1, -0.05) is 0 Å². The molecule has 0 aliphatic heterocycles. The minimum atomic E-state index is -0.966. The molecule has 1 atom stereocenters. The highest BCUT2D eigenvalue weighted by molar-refractivity contribution is 5.80. The van der Waals surface area contributed by atoms with E-state index in [1.165, 1.54) is 0 Å².